The lowest BCUT2D eigenvalue weighted by Crippen LogP contribution is -2.62. The number of halogens is 3. The lowest BCUT2D eigenvalue weighted by atomic mass is 9.85. The van der Waals surface area contributed by atoms with Crippen molar-refractivity contribution in [3.05, 3.63) is 70.3 Å². The molecule has 3 N–H and O–H groups in total. The quantitative estimate of drug-likeness (QED) is 0.408. The Labute approximate surface area is 198 Å². The second kappa shape index (κ2) is 10.1. The molecule has 3 rings (SSSR count). The van der Waals surface area contributed by atoms with Gasteiger partial charge in [-0.2, -0.15) is 13.2 Å². The van der Waals surface area contributed by atoms with Crippen molar-refractivity contribution < 1.29 is 37.1 Å². The van der Waals surface area contributed by atoms with E-state index in [1.165, 1.54) is 18.2 Å². The third kappa shape index (κ3) is 5.73. The molecule has 0 bridgehead atoms. The van der Waals surface area contributed by atoms with E-state index in [2.05, 4.69) is 16.0 Å². The average Bonchev–Trinajstić information content (AvgIpc) is 2.83. The summed E-state index contributed by atoms with van der Waals surface area (Å²) >= 11 is 0. The number of aldehydes is 1. The Balaban J connectivity index is 1.69. The molecule has 4 amide bonds. The summed E-state index contributed by atoms with van der Waals surface area (Å²) in [6, 6.07) is 7.97. The summed E-state index contributed by atoms with van der Waals surface area (Å²) in [5, 5.41) is 7.39. The van der Waals surface area contributed by atoms with Crippen molar-refractivity contribution in [1.82, 2.24) is 16.0 Å². The number of amides is 4. The first-order valence-electron chi connectivity index (χ1n) is 10.7. The van der Waals surface area contributed by atoms with Crippen LogP contribution in [-0.4, -0.2) is 35.5 Å². The fraction of sp³-hybridized carbons (Fsp3) is 0.292. The van der Waals surface area contributed by atoms with Gasteiger partial charge >= 0.3 is 6.18 Å². The standard InChI is InChI=1S/C24H22F3N3O5/c1-2-23(10-9-19(32)29-22(23)35)30-21(34)18-8-3-14(11-16(18)13-31)12-28-20(33)15-4-6-17(7-5-15)24(25,26)27/h3-8,11,13H,2,9-10,12H2,1H3,(H,28,33)(H,30,34)(H,29,32,35). The number of hydrogen-bond acceptors (Lipinski definition) is 5. The fourth-order valence-electron chi connectivity index (χ4n) is 3.70. The van der Waals surface area contributed by atoms with Gasteiger partial charge in [-0.15, -0.1) is 0 Å². The molecule has 8 nitrogen and oxygen atoms in total. The number of piperidine rings is 1. The van der Waals surface area contributed by atoms with Gasteiger partial charge in [0, 0.05) is 29.7 Å². The SMILES string of the molecule is CCC1(NC(=O)c2ccc(CNC(=O)c3ccc(C(F)(F)F)cc3)cc2C=O)CCC(=O)NC1=O. The van der Waals surface area contributed by atoms with E-state index in [0.717, 1.165) is 24.3 Å². The summed E-state index contributed by atoms with van der Waals surface area (Å²) < 4.78 is 38.0. The number of rotatable bonds is 7. The number of alkyl halides is 3. The van der Waals surface area contributed by atoms with E-state index in [1.807, 2.05) is 0 Å². The van der Waals surface area contributed by atoms with Crippen LogP contribution < -0.4 is 16.0 Å². The van der Waals surface area contributed by atoms with Gasteiger partial charge in [0.05, 0.1) is 5.56 Å². The van der Waals surface area contributed by atoms with Crippen LogP contribution in [0.1, 0.15) is 68.4 Å². The largest absolute Gasteiger partial charge is 0.416 e. The zero-order chi connectivity index (χ0) is 25.8. The number of carbonyl (C=O) groups excluding carboxylic acids is 5. The minimum absolute atomic E-state index is 0.00957. The number of carbonyl (C=O) groups is 5. The van der Waals surface area contributed by atoms with E-state index < -0.39 is 40.9 Å². The molecule has 2 aromatic carbocycles. The van der Waals surface area contributed by atoms with Crippen LogP contribution in [0.2, 0.25) is 0 Å². The average molecular weight is 489 g/mol. The van der Waals surface area contributed by atoms with Crippen LogP contribution in [0.25, 0.3) is 0 Å². The highest BCUT2D eigenvalue weighted by Crippen LogP contribution is 2.29. The second-order valence-electron chi connectivity index (χ2n) is 8.06. The van der Waals surface area contributed by atoms with Gasteiger partial charge in [-0.25, -0.2) is 0 Å². The molecule has 0 radical (unpaired) electrons. The summed E-state index contributed by atoms with van der Waals surface area (Å²) in [5.41, 5.74) is -1.63. The van der Waals surface area contributed by atoms with E-state index in [0.29, 0.717) is 11.8 Å². The zero-order valence-electron chi connectivity index (χ0n) is 18.6. The fourth-order valence-corrected chi connectivity index (χ4v) is 3.70. The third-order valence-electron chi connectivity index (χ3n) is 5.84. The minimum atomic E-state index is -4.51. The van der Waals surface area contributed by atoms with Crippen LogP contribution in [0.5, 0.6) is 0 Å². The summed E-state index contributed by atoms with van der Waals surface area (Å²) in [7, 11) is 0. The molecule has 2 aromatic rings. The Morgan fingerprint density at radius 2 is 1.77 bits per heavy atom. The lowest BCUT2D eigenvalue weighted by molar-refractivity contribution is -0.139. The normalized spacial score (nSPS) is 17.9. The summed E-state index contributed by atoms with van der Waals surface area (Å²) in [6.07, 6.45) is -3.62. The molecule has 0 aromatic heterocycles. The molecule has 11 heteroatoms. The van der Waals surface area contributed by atoms with E-state index in [4.69, 9.17) is 0 Å². The first kappa shape index (κ1) is 25.6. The molecule has 1 unspecified atom stereocenters. The van der Waals surface area contributed by atoms with Gasteiger partial charge in [0.2, 0.25) is 5.91 Å². The maximum atomic E-state index is 12.9. The van der Waals surface area contributed by atoms with Gasteiger partial charge in [-0.3, -0.25) is 29.3 Å². The summed E-state index contributed by atoms with van der Waals surface area (Å²) in [6.45, 7) is 1.64. The van der Waals surface area contributed by atoms with Crippen LogP contribution in [0.15, 0.2) is 42.5 Å². The topological polar surface area (TPSA) is 121 Å². The summed E-state index contributed by atoms with van der Waals surface area (Å²) in [4.78, 5) is 60.6. The summed E-state index contributed by atoms with van der Waals surface area (Å²) in [5.74, 6) is -2.32. The van der Waals surface area contributed by atoms with Gasteiger partial charge in [-0.05, 0) is 54.8 Å². The number of hydrogen-bond donors (Lipinski definition) is 3. The van der Waals surface area contributed by atoms with Crippen LogP contribution in [-0.2, 0) is 22.3 Å². The van der Waals surface area contributed by atoms with Gasteiger partial charge < -0.3 is 10.6 Å². The monoisotopic (exact) mass is 489 g/mol. The smallest absolute Gasteiger partial charge is 0.348 e. The third-order valence-corrected chi connectivity index (χ3v) is 5.84. The van der Waals surface area contributed by atoms with Crippen molar-refractivity contribution in [2.75, 3.05) is 0 Å². The van der Waals surface area contributed by atoms with Crippen molar-refractivity contribution in [2.24, 2.45) is 0 Å². The van der Waals surface area contributed by atoms with Gasteiger partial charge in [0.25, 0.3) is 17.7 Å². The Kier molecular flexibility index (Phi) is 7.37. The molecule has 1 heterocycles. The highest BCUT2D eigenvalue weighted by molar-refractivity contribution is 6.08. The van der Waals surface area contributed by atoms with Gasteiger partial charge in [-0.1, -0.05) is 13.0 Å². The molecule has 1 fully saturated rings. The predicted molar refractivity (Wildman–Crippen MR) is 117 cm³/mol. The van der Waals surface area contributed by atoms with Crippen LogP contribution in [0, 0.1) is 0 Å². The van der Waals surface area contributed by atoms with Crippen LogP contribution in [0.3, 0.4) is 0 Å². The number of nitrogens with one attached hydrogen (secondary N) is 3. The molecule has 1 aliphatic rings. The first-order chi connectivity index (χ1) is 16.5. The Morgan fingerprint density at radius 3 is 2.34 bits per heavy atom. The second-order valence-corrected chi connectivity index (χ2v) is 8.06. The number of imide groups is 1. The van der Waals surface area contributed by atoms with Gasteiger partial charge in [0.15, 0.2) is 6.29 Å². The van der Waals surface area contributed by atoms with E-state index in [-0.39, 0.29) is 42.5 Å². The van der Waals surface area contributed by atoms with E-state index in [1.54, 1.807) is 6.92 Å². The van der Waals surface area contributed by atoms with Crippen molar-refractivity contribution in [1.29, 1.82) is 0 Å². The molecule has 1 saturated heterocycles. The predicted octanol–water partition coefficient (Wildman–Crippen LogP) is 2.76. The molecule has 1 atom stereocenters. The molecule has 35 heavy (non-hydrogen) atoms. The molecule has 0 aliphatic carbocycles. The van der Waals surface area contributed by atoms with Crippen LogP contribution in [0.4, 0.5) is 13.2 Å². The van der Waals surface area contributed by atoms with Crippen molar-refractivity contribution in [3.63, 3.8) is 0 Å². The molecular weight excluding hydrogens is 467 g/mol. The van der Waals surface area contributed by atoms with Gasteiger partial charge in [0.1, 0.15) is 5.54 Å². The van der Waals surface area contributed by atoms with Crippen molar-refractivity contribution in [2.45, 2.75) is 44.4 Å². The lowest BCUT2D eigenvalue weighted by Gasteiger charge is -2.35. The van der Waals surface area contributed by atoms with E-state index in [9.17, 15) is 37.1 Å². The molecule has 0 saturated carbocycles. The molecule has 1 aliphatic heterocycles. The highest BCUT2D eigenvalue weighted by atomic mass is 19.4. The Morgan fingerprint density at radius 1 is 1.09 bits per heavy atom. The number of benzene rings is 2. The Hall–Kier alpha value is -4.02. The van der Waals surface area contributed by atoms with Crippen LogP contribution >= 0.6 is 0 Å². The zero-order valence-corrected chi connectivity index (χ0v) is 18.6. The minimum Gasteiger partial charge on any atom is -0.348 e. The Bertz CT molecular complexity index is 1180. The molecular formula is C24H22F3N3O5. The first-order valence-corrected chi connectivity index (χ1v) is 10.7. The maximum absolute atomic E-state index is 12.9. The molecule has 184 valence electrons. The van der Waals surface area contributed by atoms with E-state index >= 15 is 0 Å². The van der Waals surface area contributed by atoms with Crippen molar-refractivity contribution >= 4 is 29.9 Å². The van der Waals surface area contributed by atoms with Crippen molar-refractivity contribution in [3.8, 4) is 0 Å². The maximum Gasteiger partial charge on any atom is 0.416 e. The molecule has 0 spiro atoms. The highest BCUT2D eigenvalue weighted by Gasteiger charge is 2.42.